The molecular weight excluding hydrogens is 340 g/mol. The smallest absolute Gasteiger partial charge is 0.255 e. The predicted octanol–water partition coefficient (Wildman–Crippen LogP) is 3.03. The Morgan fingerprint density at radius 2 is 2.05 bits per heavy atom. The molecule has 1 aromatic rings. The van der Waals surface area contributed by atoms with Gasteiger partial charge in [-0.15, -0.1) is 0 Å². The topological polar surface area (TPSA) is 64.3 Å². The second-order valence-electron chi connectivity index (χ2n) is 4.45. The van der Waals surface area contributed by atoms with Crippen LogP contribution in [0.25, 0.3) is 0 Å². The summed E-state index contributed by atoms with van der Waals surface area (Å²) in [5.41, 5.74) is 5.59. The summed E-state index contributed by atoms with van der Waals surface area (Å²) < 4.78 is 6.08. The van der Waals surface area contributed by atoms with Crippen molar-refractivity contribution in [3.05, 3.63) is 28.2 Å². The molecule has 0 heterocycles. The number of nitrogens with two attached hydrogens (primary N) is 1. The number of hydrogen-bond acceptors (Lipinski definition) is 3. The molecule has 0 saturated heterocycles. The lowest BCUT2D eigenvalue weighted by molar-refractivity contribution is 0.0916. The van der Waals surface area contributed by atoms with Gasteiger partial charge < -0.3 is 15.8 Å². The van der Waals surface area contributed by atoms with Crippen LogP contribution in [-0.4, -0.2) is 23.5 Å². The second-order valence-corrected chi connectivity index (χ2v) is 5.81. The highest BCUT2D eigenvalue weighted by Gasteiger charge is 2.32. The summed E-state index contributed by atoms with van der Waals surface area (Å²) in [7, 11) is 1.53. The Hall–Kier alpha value is -1.14. The number of carbonyl (C=O) groups excluding carboxylic acids is 1. The van der Waals surface area contributed by atoms with Crippen molar-refractivity contribution in [2.45, 2.75) is 32.2 Å². The van der Waals surface area contributed by atoms with Crippen LogP contribution in [-0.2, 0) is 0 Å². The molecule has 0 saturated carbocycles. The Labute approximate surface area is 133 Å². The number of hydrogen-bond donors (Lipinski definition) is 2. The lowest BCUT2D eigenvalue weighted by Crippen LogP contribution is -2.56. The fraction of sp³-hybridized carbons (Fsp3) is 0.429. The van der Waals surface area contributed by atoms with Crippen molar-refractivity contribution >= 4 is 39.0 Å². The third kappa shape index (κ3) is 3.49. The van der Waals surface area contributed by atoms with Gasteiger partial charge in [0.1, 0.15) is 5.75 Å². The molecule has 6 heteroatoms. The number of nitrogens with one attached hydrogen (secondary N) is 1. The van der Waals surface area contributed by atoms with Gasteiger partial charge in [-0.3, -0.25) is 4.79 Å². The molecule has 0 aromatic heterocycles. The van der Waals surface area contributed by atoms with Gasteiger partial charge in [-0.25, -0.2) is 0 Å². The Bertz CT molecular complexity index is 516. The van der Waals surface area contributed by atoms with Gasteiger partial charge in [0.25, 0.3) is 5.91 Å². The Balaban J connectivity index is 3.10. The number of halogens is 1. The van der Waals surface area contributed by atoms with Crippen LogP contribution >= 0.6 is 28.1 Å². The Morgan fingerprint density at radius 1 is 1.45 bits per heavy atom. The van der Waals surface area contributed by atoms with Gasteiger partial charge in [-0.2, -0.15) is 0 Å². The summed E-state index contributed by atoms with van der Waals surface area (Å²) in [4.78, 5) is 12.8. The molecule has 0 aliphatic heterocycles. The third-order valence-electron chi connectivity index (χ3n) is 3.44. The molecule has 4 nitrogen and oxygen atoms in total. The van der Waals surface area contributed by atoms with E-state index >= 15 is 0 Å². The summed E-state index contributed by atoms with van der Waals surface area (Å²) >= 11 is 8.45. The van der Waals surface area contributed by atoms with Gasteiger partial charge in [0, 0.05) is 4.47 Å². The van der Waals surface area contributed by atoms with E-state index in [1.165, 1.54) is 7.11 Å². The number of rotatable bonds is 6. The second kappa shape index (κ2) is 7.04. The quantitative estimate of drug-likeness (QED) is 0.767. The van der Waals surface area contributed by atoms with E-state index in [4.69, 9.17) is 22.7 Å². The highest BCUT2D eigenvalue weighted by molar-refractivity contribution is 9.10. The monoisotopic (exact) mass is 358 g/mol. The first-order chi connectivity index (χ1) is 9.40. The number of carbonyl (C=O) groups is 1. The van der Waals surface area contributed by atoms with Crippen molar-refractivity contribution in [1.29, 1.82) is 0 Å². The van der Waals surface area contributed by atoms with E-state index in [2.05, 4.69) is 21.2 Å². The van der Waals surface area contributed by atoms with E-state index in [-0.39, 0.29) is 5.91 Å². The van der Waals surface area contributed by atoms with E-state index < -0.39 is 5.54 Å². The zero-order valence-electron chi connectivity index (χ0n) is 11.8. The minimum absolute atomic E-state index is 0.245. The zero-order chi connectivity index (χ0) is 15.3. The standard InChI is InChI=1S/C14H19BrN2O2S/c1-4-14(5-2,13(16)20)17-12(18)10-7-6-9(15)8-11(10)19-3/h6-8H,4-5H2,1-3H3,(H2,16,20)(H,17,18). The molecule has 0 aliphatic rings. The van der Waals surface area contributed by atoms with Crippen molar-refractivity contribution in [1.82, 2.24) is 5.32 Å². The van der Waals surface area contributed by atoms with Crippen LogP contribution in [0.5, 0.6) is 5.75 Å². The highest BCUT2D eigenvalue weighted by atomic mass is 79.9. The maximum Gasteiger partial charge on any atom is 0.255 e. The van der Waals surface area contributed by atoms with Gasteiger partial charge in [-0.05, 0) is 31.0 Å². The largest absolute Gasteiger partial charge is 0.496 e. The average Bonchev–Trinajstić information content (AvgIpc) is 2.43. The fourth-order valence-corrected chi connectivity index (χ4v) is 2.65. The van der Waals surface area contributed by atoms with Gasteiger partial charge in [0.05, 0.1) is 23.2 Å². The van der Waals surface area contributed by atoms with Gasteiger partial charge in [-0.1, -0.05) is 42.0 Å². The summed E-state index contributed by atoms with van der Waals surface area (Å²) in [5.74, 6) is 0.256. The molecule has 1 rings (SSSR count). The van der Waals surface area contributed by atoms with Gasteiger partial charge >= 0.3 is 0 Å². The first-order valence-electron chi connectivity index (χ1n) is 6.36. The number of ether oxygens (including phenoxy) is 1. The molecule has 0 spiro atoms. The molecule has 0 radical (unpaired) electrons. The van der Waals surface area contributed by atoms with Crippen molar-refractivity contribution in [2.75, 3.05) is 7.11 Å². The number of methoxy groups -OCH3 is 1. The third-order valence-corrected chi connectivity index (χ3v) is 4.32. The van der Waals surface area contributed by atoms with E-state index in [0.29, 0.717) is 29.1 Å². The number of amides is 1. The molecule has 0 atom stereocenters. The summed E-state index contributed by atoms with van der Waals surface area (Å²) in [6.07, 6.45) is 1.28. The van der Waals surface area contributed by atoms with Crippen molar-refractivity contribution in [3.63, 3.8) is 0 Å². The molecule has 1 amide bonds. The molecular formula is C14H19BrN2O2S. The molecule has 110 valence electrons. The Kier molecular flexibility index (Phi) is 5.95. The lowest BCUT2D eigenvalue weighted by atomic mass is 9.92. The first kappa shape index (κ1) is 16.9. The molecule has 1 aromatic carbocycles. The van der Waals surface area contributed by atoms with Crippen LogP contribution in [0.3, 0.4) is 0 Å². The summed E-state index contributed by atoms with van der Waals surface area (Å²) in [6.45, 7) is 3.89. The van der Waals surface area contributed by atoms with Crippen LogP contribution in [0.4, 0.5) is 0 Å². The van der Waals surface area contributed by atoms with E-state index in [0.717, 1.165) is 4.47 Å². The van der Waals surface area contributed by atoms with Crippen LogP contribution < -0.4 is 15.8 Å². The molecule has 0 aliphatic carbocycles. The molecule has 3 N–H and O–H groups in total. The first-order valence-corrected chi connectivity index (χ1v) is 7.56. The molecule has 0 fully saturated rings. The van der Waals surface area contributed by atoms with E-state index in [1.54, 1.807) is 18.2 Å². The SMILES string of the molecule is CCC(CC)(NC(=O)c1ccc(Br)cc1OC)C(N)=S. The zero-order valence-corrected chi connectivity index (χ0v) is 14.2. The lowest BCUT2D eigenvalue weighted by Gasteiger charge is -2.31. The van der Waals surface area contributed by atoms with Crippen LogP contribution in [0.1, 0.15) is 37.0 Å². The molecule has 0 bridgehead atoms. The normalized spacial score (nSPS) is 11.0. The minimum Gasteiger partial charge on any atom is -0.496 e. The Morgan fingerprint density at radius 3 is 2.50 bits per heavy atom. The number of benzene rings is 1. The van der Waals surface area contributed by atoms with E-state index in [1.807, 2.05) is 13.8 Å². The van der Waals surface area contributed by atoms with Crippen LogP contribution in [0.2, 0.25) is 0 Å². The van der Waals surface area contributed by atoms with Crippen LogP contribution in [0, 0.1) is 0 Å². The molecule has 20 heavy (non-hydrogen) atoms. The maximum absolute atomic E-state index is 12.5. The van der Waals surface area contributed by atoms with Crippen molar-refractivity contribution in [3.8, 4) is 5.75 Å². The van der Waals surface area contributed by atoms with Crippen molar-refractivity contribution < 1.29 is 9.53 Å². The maximum atomic E-state index is 12.5. The predicted molar refractivity (Wildman–Crippen MR) is 88.3 cm³/mol. The van der Waals surface area contributed by atoms with Crippen molar-refractivity contribution in [2.24, 2.45) is 5.73 Å². The fourth-order valence-electron chi connectivity index (χ4n) is 1.97. The van der Waals surface area contributed by atoms with E-state index in [9.17, 15) is 4.79 Å². The highest BCUT2D eigenvalue weighted by Crippen LogP contribution is 2.25. The molecule has 0 unspecified atom stereocenters. The minimum atomic E-state index is -0.662. The number of thiocarbonyl (C=S) groups is 1. The average molecular weight is 359 g/mol. The van der Waals surface area contributed by atoms with Gasteiger partial charge in [0.15, 0.2) is 0 Å². The van der Waals surface area contributed by atoms with Gasteiger partial charge in [0.2, 0.25) is 0 Å². The summed E-state index contributed by atoms with van der Waals surface area (Å²) in [6, 6.07) is 5.24. The summed E-state index contributed by atoms with van der Waals surface area (Å²) in [5, 5.41) is 2.94. The van der Waals surface area contributed by atoms with Crippen LogP contribution in [0.15, 0.2) is 22.7 Å².